The molecule has 0 unspecified atom stereocenters. The second-order valence-electron chi connectivity index (χ2n) is 6.16. The van der Waals surface area contributed by atoms with Crippen molar-refractivity contribution in [1.82, 2.24) is 5.32 Å². The molecule has 26 heavy (non-hydrogen) atoms. The number of unbranched alkanes of at least 4 members (excludes halogenated alkanes) is 3. The lowest BCUT2D eigenvalue weighted by molar-refractivity contribution is 0.0977. The topological polar surface area (TPSA) is 50.4 Å². The molecule has 0 spiro atoms. The molecule has 0 aliphatic heterocycles. The molecule has 2 aromatic rings. The Morgan fingerprint density at radius 2 is 1.77 bits per heavy atom. The number of hydrogen-bond acceptors (Lipinski definition) is 3. The monoisotopic (exact) mass is 370 g/mol. The molecule has 0 aromatic heterocycles. The van der Waals surface area contributed by atoms with Gasteiger partial charge in [0.25, 0.3) is 5.91 Å². The summed E-state index contributed by atoms with van der Waals surface area (Å²) < 4.78 is 5.72. The molecule has 0 fully saturated rings. The van der Waals surface area contributed by atoms with E-state index in [-0.39, 0.29) is 11.0 Å². The summed E-state index contributed by atoms with van der Waals surface area (Å²) in [5.41, 5.74) is 2.33. The van der Waals surface area contributed by atoms with Crippen LogP contribution < -0.4 is 15.4 Å². The van der Waals surface area contributed by atoms with Gasteiger partial charge >= 0.3 is 0 Å². The average molecular weight is 371 g/mol. The number of amides is 1. The molecule has 0 saturated heterocycles. The average Bonchev–Trinajstić information content (AvgIpc) is 2.63. The van der Waals surface area contributed by atoms with E-state index < -0.39 is 0 Å². The van der Waals surface area contributed by atoms with Gasteiger partial charge in [-0.1, -0.05) is 44.4 Å². The summed E-state index contributed by atoms with van der Waals surface area (Å²) in [4.78, 5) is 12.3. The van der Waals surface area contributed by atoms with E-state index >= 15 is 0 Å². The van der Waals surface area contributed by atoms with Crippen LogP contribution in [0, 0.1) is 6.92 Å². The molecule has 2 rings (SSSR count). The van der Waals surface area contributed by atoms with Crippen LogP contribution in [0.1, 0.15) is 48.5 Å². The molecular formula is C21H26N2O2S. The fourth-order valence-electron chi connectivity index (χ4n) is 2.51. The first kappa shape index (κ1) is 19.9. The molecule has 0 heterocycles. The fourth-order valence-corrected chi connectivity index (χ4v) is 2.72. The number of nitrogens with one attached hydrogen (secondary N) is 2. The van der Waals surface area contributed by atoms with Gasteiger partial charge in [0, 0.05) is 11.3 Å². The standard InChI is InChI=1S/C21H26N2O2S/c1-3-4-5-8-15-25-18-13-11-17(12-14-18)22-21(26)23-20(24)19-10-7-6-9-16(19)2/h6-7,9-14H,3-5,8,15H2,1-2H3,(H2,22,23,24,26). The Bertz CT molecular complexity index is 729. The third-order valence-electron chi connectivity index (χ3n) is 4.00. The maximum atomic E-state index is 12.3. The van der Waals surface area contributed by atoms with Crippen molar-refractivity contribution in [2.24, 2.45) is 0 Å². The first-order valence-corrected chi connectivity index (χ1v) is 9.42. The lowest BCUT2D eigenvalue weighted by Crippen LogP contribution is -2.34. The summed E-state index contributed by atoms with van der Waals surface area (Å²) in [5.74, 6) is 0.620. The number of carbonyl (C=O) groups excluding carboxylic acids is 1. The molecule has 138 valence electrons. The van der Waals surface area contributed by atoms with Crippen LogP contribution in [0.2, 0.25) is 0 Å². The van der Waals surface area contributed by atoms with Crippen LogP contribution in [-0.4, -0.2) is 17.6 Å². The maximum absolute atomic E-state index is 12.3. The lowest BCUT2D eigenvalue weighted by atomic mass is 10.1. The van der Waals surface area contributed by atoms with Gasteiger partial charge < -0.3 is 10.1 Å². The Kier molecular flexibility index (Phi) is 8.09. The number of benzene rings is 2. The zero-order valence-corrected chi connectivity index (χ0v) is 16.2. The van der Waals surface area contributed by atoms with Gasteiger partial charge in [0.2, 0.25) is 0 Å². The predicted octanol–water partition coefficient (Wildman–Crippen LogP) is 5.08. The van der Waals surface area contributed by atoms with Crippen molar-refractivity contribution < 1.29 is 9.53 Å². The summed E-state index contributed by atoms with van der Waals surface area (Å²) in [6, 6.07) is 15.0. The second kappa shape index (κ2) is 10.6. The number of aryl methyl sites for hydroxylation is 1. The van der Waals surface area contributed by atoms with Crippen LogP contribution in [0.25, 0.3) is 0 Å². The van der Waals surface area contributed by atoms with Crippen molar-refractivity contribution in [1.29, 1.82) is 0 Å². The molecular weight excluding hydrogens is 344 g/mol. The first-order chi connectivity index (χ1) is 12.6. The number of thiocarbonyl (C=S) groups is 1. The molecule has 2 N–H and O–H groups in total. The smallest absolute Gasteiger partial charge is 0.257 e. The van der Waals surface area contributed by atoms with Crippen molar-refractivity contribution in [2.75, 3.05) is 11.9 Å². The number of rotatable bonds is 8. The van der Waals surface area contributed by atoms with Crippen LogP contribution in [0.15, 0.2) is 48.5 Å². The molecule has 0 aliphatic rings. The van der Waals surface area contributed by atoms with Crippen LogP contribution in [0.4, 0.5) is 5.69 Å². The highest BCUT2D eigenvalue weighted by molar-refractivity contribution is 7.80. The molecule has 0 saturated carbocycles. The van der Waals surface area contributed by atoms with E-state index in [4.69, 9.17) is 17.0 Å². The summed E-state index contributed by atoms with van der Waals surface area (Å²) in [6.45, 7) is 4.82. The zero-order chi connectivity index (χ0) is 18.8. The Morgan fingerprint density at radius 1 is 1.04 bits per heavy atom. The van der Waals surface area contributed by atoms with Gasteiger partial charge in [0.1, 0.15) is 5.75 Å². The number of ether oxygens (including phenoxy) is 1. The largest absolute Gasteiger partial charge is 0.494 e. The zero-order valence-electron chi connectivity index (χ0n) is 15.4. The van der Waals surface area contributed by atoms with Gasteiger partial charge in [-0.15, -0.1) is 0 Å². The molecule has 0 radical (unpaired) electrons. The predicted molar refractivity (Wildman–Crippen MR) is 111 cm³/mol. The van der Waals surface area contributed by atoms with Crippen molar-refractivity contribution in [3.63, 3.8) is 0 Å². The van der Waals surface area contributed by atoms with Crippen LogP contribution in [-0.2, 0) is 0 Å². The minimum Gasteiger partial charge on any atom is -0.494 e. The highest BCUT2D eigenvalue weighted by atomic mass is 32.1. The summed E-state index contributed by atoms with van der Waals surface area (Å²) in [5, 5.41) is 5.99. The Labute approximate surface area is 161 Å². The number of carbonyl (C=O) groups is 1. The molecule has 0 aliphatic carbocycles. The third-order valence-corrected chi connectivity index (χ3v) is 4.20. The molecule has 0 bridgehead atoms. The van der Waals surface area contributed by atoms with Crippen LogP contribution in [0.3, 0.4) is 0 Å². The van der Waals surface area contributed by atoms with E-state index in [1.165, 1.54) is 19.3 Å². The SMILES string of the molecule is CCCCCCOc1ccc(NC(=S)NC(=O)c2ccccc2C)cc1. The van der Waals surface area contributed by atoms with Crippen LogP contribution >= 0.6 is 12.2 Å². The first-order valence-electron chi connectivity index (χ1n) is 9.01. The molecule has 4 nitrogen and oxygen atoms in total. The van der Waals surface area contributed by atoms with Gasteiger partial charge in [-0.3, -0.25) is 10.1 Å². The summed E-state index contributed by atoms with van der Waals surface area (Å²) in [7, 11) is 0. The summed E-state index contributed by atoms with van der Waals surface area (Å²) >= 11 is 5.22. The fraction of sp³-hybridized carbons (Fsp3) is 0.333. The van der Waals surface area contributed by atoms with Gasteiger partial charge in [-0.2, -0.15) is 0 Å². The quantitative estimate of drug-likeness (QED) is 0.502. The maximum Gasteiger partial charge on any atom is 0.257 e. The van der Waals surface area contributed by atoms with Gasteiger partial charge in [-0.05, 0) is 61.5 Å². The van der Waals surface area contributed by atoms with E-state index in [9.17, 15) is 4.79 Å². The van der Waals surface area contributed by atoms with Crippen LogP contribution in [0.5, 0.6) is 5.75 Å². The van der Waals surface area contributed by atoms with E-state index in [1.54, 1.807) is 6.07 Å². The lowest BCUT2D eigenvalue weighted by Gasteiger charge is -2.11. The molecule has 2 aromatic carbocycles. The molecule has 1 amide bonds. The Hall–Kier alpha value is -2.40. The van der Waals surface area contributed by atoms with Crippen molar-refractivity contribution in [3.05, 3.63) is 59.7 Å². The van der Waals surface area contributed by atoms with E-state index in [2.05, 4.69) is 17.6 Å². The third kappa shape index (κ3) is 6.48. The number of anilines is 1. The molecule has 5 heteroatoms. The minimum absolute atomic E-state index is 0.215. The van der Waals surface area contributed by atoms with Crippen molar-refractivity contribution in [3.8, 4) is 5.75 Å². The van der Waals surface area contributed by atoms with Crippen molar-refractivity contribution in [2.45, 2.75) is 39.5 Å². The normalized spacial score (nSPS) is 10.2. The molecule has 0 atom stereocenters. The summed E-state index contributed by atoms with van der Waals surface area (Å²) in [6.07, 6.45) is 4.74. The van der Waals surface area contributed by atoms with E-state index in [0.717, 1.165) is 30.0 Å². The van der Waals surface area contributed by atoms with E-state index in [1.807, 2.05) is 49.4 Å². The minimum atomic E-state index is -0.215. The highest BCUT2D eigenvalue weighted by Gasteiger charge is 2.10. The van der Waals surface area contributed by atoms with Gasteiger partial charge in [-0.25, -0.2) is 0 Å². The highest BCUT2D eigenvalue weighted by Crippen LogP contribution is 2.16. The van der Waals surface area contributed by atoms with E-state index in [0.29, 0.717) is 5.56 Å². The van der Waals surface area contributed by atoms with Crippen molar-refractivity contribution >= 4 is 28.9 Å². The van der Waals surface area contributed by atoms with Gasteiger partial charge in [0.05, 0.1) is 6.61 Å². The Morgan fingerprint density at radius 3 is 2.46 bits per heavy atom. The Balaban J connectivity index is 1.80. The van der Waals surface area contributed by atoms with Gasteiger partial charge in [0.15, 0.2) is 5.11 Å². The second-order valence-corrected chi connectivity index (χ2v) is 6.56. The number of hydrogen-bond donors (Lipinski definition) is 2.